The molecule has 1 aliphatic heterocycles. The molecular weight excluding hydrogens is 450 g/mol. The predicted octanol–water partition coefficient (Wildman–Crippen LogP) is 4.58. The zero-order chi connectivity index (χ0) is 23.1. The van der Waals surface area contributed by atoms with E-state index >= 15 is 0 Å². The zero-order valence-corrected chi connectivity index (χ0v) is 17.3. The number of rotatable bonds is 4. The second-order valence-corrected chi connectivity index (χ2v) is 8.16. The molecule has 1 aliphatic rings. The molecule has 0 radical (unpaired) electrons. The molecule has 1 saturated heterocycles. The summed E-state index contributed by atoms with van der Waals surface area (Å²) in [5, 5.41) is 3.83. The van der Waals surface area contributed by atoms with Gasteiger partial charge in [-0.3, -0.25) is 4.98 Å². The quantitative estimate of drug-likeness (QED) is 0.550. The molecule has 1 atom stereocenters. The minimum absolute atomic E-state index is 0.123. The van der Waals surface area contributed by atoms with Crippen LogP contribution in [0.1, 0.15) is 17.8 Å². The number of amides is 2. The number of pyridine rings is 2. The molecule has 3 heterocycles. The first kappa shape index (κ1) is 22.1. The number of carbonyl (C=O) groups is 1. The fourth-order valence-electron chi connectivity index (χ4n) is 3.95. The molecule has 168 valence electrons. The highest BCUT2D eigenvalue weighted by atomic mass is 35.5. The summed E-state index contributed by atoms with van der Waals surface area (Å²) in [6, 6.07) is 7.47. The molecule has 4 rings (SSSR count). The number of alkyl halides is 3. The lowest BCUT2D eigenvalue weighted by Gasteiger charge is -2.30. The highest BCUT2D eigenvalue weighted by Crippen LogP contribution is 2.37. The van der Waals surface area contributed by atoms with Crippen LogP contribution in [0.5, 0.6) is 0 Å². The summed E-state index contributed by atoms with van der Waals surface area (Å²) in [6.07, 6.45) is -3.14. The molecule has 6 nitrogen and oxygen atoms in total. The van der Waals surface area contributed by atoms with E-state index in [2.05, 4.69) is 15.3 Å². The van der Waals surface area contributed by atoms with Gasteiger partial charge in [-0.2, -0.15) is 13.2 Å². The van der Waals surface area contributed by atoms with Gasteiger partial charge in [-0.05, 0) is 42.8 Å². The number of fused-ring (bicyclic) bond motifs is 1. The monoisotopic (exact) mass is 467 g/mol. The summed E-state index contributed by atoms with van der Waals surface area (Å²) in [5.74, 6) is -0.522. The summed E-state index contributed by atoms with van der Waals surface area (Å²) in [4.78, 5) is 21.0. The second kappa shape index (κ2) is 8.09. The van der Waals surface area contributed by atoms with E-state index in [1.54, 1.807) is 0 Å². The molecule has 32 heavy (non-hydrogen) atoms. The highest BCUT2D eigenvalue weighted by Gasteiger charge is 2.42. The molecule has 1 unspecified atom stereocenters. The van der Waals surface area contributed by atoms with E-state index < -0.39 is 29.1 Å². The Morgan fingerprint density at radius 3 is 2.66 bits per heavy atom. The molecule has 0 saturated carbocycles. The van der Waals surface area contributed by atoms with Gasteiger partial charge in [0.1, 0.15) is 11.5 Å². The van der Waals surface area contributed by atoms with Gasteiger partial charge in [0.05, 0.1) is 17.4 Å². The van der Waals surface area contributed by atoms with E-state index in [-0.39, 0.29) is 24.3 Å². The van der Waals surface area contributed by atoms with Crippen molar-refractivity contribution in [3.05, 3.63) is 64.8 Å². The fraction of sp³-hybridized carbons (Fsp3) is 0.286. The Morgan fingerprint density at radius 2 is 2.03 bits per heavy atom. The van der Waals surface area contributed by atoms with E-state index in [1.165, 1.54) is 35.2 Å². The normalized spacial score (nSPS) is 18.8. The number of nitrogens with two attached hydrogens (primary N) is 1. The van der Waals surface area contributed by atoms with Gasteiger partial charge in [-0.25, -0.2) is 14.2 Å². The van der Waals surface area contributed by atoms with E-state index in [0.29, 0.717) is 29.1 Å². The lowest BCUT2D eigenvalue weighted by Crippen LogP contribution is -2.41. The van der Waals surface area contributed by atoms with Crippen molar-refractivity contribution in [3.8, 4) is 0 Å². The summed E-state index contributed by atoms with van der Waals surface area (Å²) < 4.78 is 53.7. The summed E-state index contributed by atoms with van der Waals surface area (Å²) in [7, 11) is 0. The van der Waals surface area contributed by atoms with E-state index in [0.717, 1.165) is 12.3 Å². The van der Waals surface area contributed by atoms with E-state index in [4.69, 9.17) is 17.3 Å². The van der Waals surface area contributed by atoms with Crippen molar-refractivity contribution in [1.29, 1.82) is 0 Å². The summed E-state index contributed by atoms with van der Waals surface area (Å²) in [5.41, 5.74) is 4.41. The molecule has 3 aromatic rings. The Bertz CT molecular complexity index is 1170. The van der Waals surface area contributed by atoms with Crippen LogP contribution in [0.15, 0.2) is 42.6 Å². The third kappa shape index (κ3) is 4.27. The average molecular weight is 468 g/mol. The molecule has 2 amide bonds. The number of nitrogens with zero attached hydrogens (tertiary/aromatic N) is 3. The maximum absolute atomic E-state index is 13.4. The van der Waals surface area contributed by atoms with Crippen LogP contribution in [0.3, 0.4) is 0 Å². The van der Waals surface area contributed by atoms with Crippen LogP contribution in [-0.2, 0) is 11.6 Å². The average Bonchev–Trinajstić information content (AvgIpc) is 3.18. The number of hydrogen-bond acceptors (Lipinski definition) is 4. The molecule has 0 aliphatic carbocycles. The van der Waals surface area contributed by atoms with Crippen LogP contribution in [-0.4, -0.2) is 40.5 Å². The van der Waals surface area contributed by atoms with Crippen molar-refractivity contribution < 1.29 is 22.4 Å². The standard InChI is InChI=1S/C21H18ClF4N5O/c22-12-1-3-15-14(7-12)16(8-18(30-15)21(24,25)26)29-10-20(5-6-31(11-20)19(27)32)17-4-2-13(23)9-28-17/h1-4,7-9H,5-6,10-11H2,(H2,27,32)(H,29,30). The van der Waals surface area contributed by atoms with Crippen LogP contribution in [0.4, 0.5) is 28.0 Å². The molecule has 3 N–H and O–H groups in total. The first-order chi connectivity index (χ1) is 15.1. The van der Waals surface area contributed by atoms with Crippen molar-refractivity contribution in [3.63, 3.8) is 0 Å². The number of halogens is 5. The summed E-state index contributed by atoms with van der Waals surface area (Å²) in [6.45, 7) is 0.648. The lowest BCUT2D eigenvalue weighted by molar-refractivity contribution is -0.140. The molecule has 11 heteroatoms. The Hall–Kier alpha value is -3.14. The third-order valence-corrected chi connectivity index (χ3v) is 5.85. The predicted molar refractivity (Wildman–Crippen MR) is 112 cm³/mol. The molecule has 0 bridgehead atoms. The topological polar surface area (TPSA) is 84.1 Å². The molecule has 1 fully saturated rings. The van der Waals surface area contributed by atoms with Crippen molar-refractivity contribution in [2.45, 2.75) is 18.0 Å². The van der Waals surface area contributed by atoms with Gasteiger partial charge in [0.15, 0.2) is 0 Å². The molecule has 0 spiro atoms. The molecule has 1 aromatic carbocycles. The molecule has 2 aromatic heterocycles. The number of carbonyl (C=O) groups excluding carboxylic acids is 1. The van der Waals surface area contributed by atoms with E-state index in [1.807, 2.05) is 0 Å². The lowest BCUT2D eigenvalue weighted by atomic mass is 9.82. The van der Waals surface area contributed by atoms with Gasteiger partial charge in [-0.1, -0.05) is 11.6 Å². The number of aromatic nitrogens is 2. The van der Waals surface area contributed by atoms with Crippen molar-refractivity contribution in [2.75, 3.05) is 25.0 Å². The van der Waals surface area contributed by atoms with Gasteiger partial charge in [0, 0.05) is 41.1 Å². The van der Waals surface area contributed by atoms with Crippen molar-refractivity contribution in [1.82, 2.24) is 14.9 Å². The number of nitrogens with one attached hydrogen (secondary N) is 1. The second-order valence-electron chi connectivity index (χ2n) is 7.72. The van der Waals surface area contributed by atoms with E-state index in [9.17, 15) is 22.4 Å². The number of hydrogen-bond donors (Lipinski definition) is 2. The Labute approximate surface area is 185 Å². The van der Waals surface area contributed by atoms with Gasteiger partial charge < -0.3 is 16.0 Å². The first-order valence-corrected chi connectivity index (χ1v) is 10.0. The van der Waals surface area contributed by atoms with Gasteiger partial charge >= 0.3 is 12.2 Å². The first-order valence-electron chi connectivity index (χ1n) is 9.65. The van der Waals surface area contributed by atoms with Crippen LogP contribution >= 0.6 is 11.6 Å². The Kier molecular flexibility index (Phi) is 5.58. The number of primary amides is 1. The maximum Gasteiger partial charge on any atom is 0.433 e. The highest BCUT2D eigenvalue weighted by molar-refractivity contribution is 6.31. The minimum Gasteiger partial charge on any atom is -0.383 e. The van der Waals surface area contributed by atoms with Crippen LogP contribution in [0.2, 0.25) is 5.02 Å². The third-order valence-electron chi connectivity index (χ3n) is 5.61. The SMILES string of the molecule is NC(=O)N1CCC(CNc2cc(C(F)(F)F)nc3ccc(Cl)cc23)(c2ccc(F)cn2)C1. The van der Waals surface area contributed by atoms with Gasteiger partial charge in [0.25, 0.3) is 0 Å². The van der Waals surface area contributed by atoms with Crippen LogP contribution < -0.4 is 11.1 Å². The zero-order valence-electron chi connectivity index (χ0n) is 16.6. The smallest absolute Gasteiger partial charge is 0.383 e. The number of urea groups is 1. The number of likely N-dealkylation sites (tertiary alicyclic amines) is 1. The maximum atomic E-state index is 13.4. The van der Waals surface area contributed by atoms with Crippen molar-refractivity contribution in [2.24, 2.45) is 5.73 Å². The molecular formula is C21H18ClF4N5O. The van der Waals surface area contributed by atoms with Crippen LogP contribution in [0, 0.1) is 5.82 Å². The van der Waals surface area contributed by atoms with Gasteiger partial charge in [-0.15, -0.1) is 0 Å². The van der Waals surface area contributed by atoms with Crippen molar-refractivity contribution >= 4 is 34.2 Å². The number of anilines is 1. The Morgan fingerprint density at radius 1 is 1.25 bits per heavy atom. The number of benzene rings is 1. The summed E-state index contributed by atoms with van der Waals surface area (Å²) >= 11 is 6.06. The largest absolute Gasteiger partial charge is 0.433 e. The van der Waals surface area contributed by atoms with Gasteiger partial charge in [0.2, 0.25) is 0 Å². The fourth-order valence-corrected chi connectivity index (χ4v) is 4.12. The minimum atomic E-state index is -4.64. The van der Waals surface area contributed by atoms with Crippen LogP contribution in [0.25, 0.3) is 10.9 Å². The Balaban J connectivity index is 1.74.